The summed E-state index contributed by atoms with van der Waals surface area (Å²) in [5.41, 5.74) is 5.72. The van der Waals surface area contributed by atoms with Crippen molar-refractivity contribution in [3.8, 4) is 0 Å². The van der Waals surface area contributed by atoms with Crippen LogP contribution in [-0.4, -0.2) is 17.8 Å². The van der Waals surface area contributed by atoms with Crippen LogP contribution in [-0.2, 0) is 4.74 Å². The van der Waals surface area contributed by atoms with Crippen molar-refractivity contribution in [1.82, 2.24) is 5.32 Å². The van der Waals surface area contributed by atoms with Gasteiger partial charge >= 0.3 is 0 Å². The first-order valence-electron chi connectivity index (χ1n) is 4.05. The van der Waals surface area contributed by atoms with Crippen molar-refractivity contribution < 1.29 is 9.53 Å². The predicted octanol–water partition coefficient (Wildman–Crippen LogP) is 1.03. The van der Waals surface area contributed by atoms with E-state index in [1.54, 1.807) is 24.3 Å². The summed E-state index contributed by atoms with van der Waals surface area (Å²) in [6.45, 7) is 0.0466. The maximum Gasteiger partial charge on any atom is 0.253 e. The van der Waals surface area contributed by atoms with Gasteiger partial charge in [0.25, 0.3) is 5.91 Å². The normalized spacial score (nSPS) is 12.1. The predicted molar refractivity (Wildman–Crippen MR) is 56.8 cm³/mol. The molecule has 1 aromatic rings. The number of hydrogen-bond donors (Lipinski definition) is 2. The topological polar surface area (TPSA) is 64.3 Å². The van der Waals surface area contributed by atoms with Crippen molar-refractivity contribution in [2.45, 2.75) is 5.14 Å². The zero-order valence-corrected chi connectivity index (χ0v) is 9.03. The first-order chi connectivity index (χ1) is 6.74. The zero-order chi connectivity index (χ0) is 10.4. The molecule has 0 aliphatic heterocycles. The second-order valence-corrected chi connectivity index (χ2v) is 3.32. The first kappa shape index (κ1) is 11.2. The maximum absolute atomic E-state index is 11.5. The minimum Gasteiger partial charge on any atom is -0.333 e. The number of benzene rings is 1. The van der Waals surface area contributed by atoms with E-state index in [-0.39, 0.29) is 12.6 Å². The Bertz CT molecular complexity index is 292. The van der Waals surface area contributed by atoms with Crippen molar-refractivity contribution in [3.05, 3.63) is 35.9 Å². The summed E-state index contributed by atoms with van der Waals surface area (Å²) in [6, 6.07) is 8.87. The average Bonchev–Trinajstić information content (AvgIpc) is 2.19. The molecule has 0 aromatic heterocycles. The van der Waals surface area contributed by atoms with Gasteiger partial charge in [0.2, 0.25) is 0 Å². The molecule has 0 aliphatic carbocycles. The van der Waals surface area contributed by atoms with Gasteiger partial charge in [0.15, 0.2) is 5.14 Å². The number of halogens is 1. The molecule has 3 N–H and O–H groups in total. The summed E-state index contributed by atoms with van der Waals surface area (Å²) in [5.74, 6) is -0.207. The molecule has 0 bridgehead atoms. The lowest BCUT2D eigenvalue weighted by Crippen LogP contribution is -2.33. The SMILES string of the molecule is NCOC(Br)NC(=O)c1ccccc1. The molecule has 0 aliphatic rings. The van der Waals surface area contributed by atoms with Crippen LogP contribution in [0.15, 0.2) is 30.3 Å². The van der Waals surface area contributed by atoms with Gasteiger partial charge in [0.1, 0.15) is 0 Å². The van der Waals surface area contributed by atoms with E-state index in [1.807, 2.05) is 6.07 Å². The summed E-state index contributed by atoms with van der Waals surface area (Å²) in [5, 5.41) is 2.02. The van der Waals surface area contributed by atoms with Crippen LogP contribution >= 0.6 is 15.9 Å². The summed E-state index contributed by atoms with van der Waals surface area (Å²) in [4.78, 5) is 11.5. The highest BCUT2D eigenvalue weighted by atomic mass is 79.9. The Labute approximate surface area is 90.6 Å². The van der Waals surface area contributed by atoms with Gasteiger partial charge in [-0.25, -0.2) is 0 Å². The van der Waals surface area contributed by atoms with Crippen LogP contribution in [0.5, 0.6) is 0 Å². The van der Waals surface area contributed by atoms with Gasteiger partial charge in [0, 0.05) is 5.56 Å². The number of amides is 1. The molecule has 76 valence electrons. The third-order valence-electron chi connectivity index (χ3n) is 1.52. The molecule has 0 radical (unpaired) electrons. The number of nitrogens with one attached hydrogen (secondary N) is 1. The van der Waals surface area contributed by atoms with Crippen molar-refractivity contribution in [1.29, 1.82) is 0 Å². The zero-order valence-electron chi connectivity index (χ0n) is 7.44. The van der Waals surface area contributed by atoms with E-state index >= 15 is 0 Å². The van der Waals surface area contributed by atoms with Crippen molar-refractivity contribution in [2.75, 3.05) is 6.73 Å². The van der Waals surface area contributed by atoms with Crippen molar-refractivity contribution in [2.24, 2.45) is 5.73 Å². The van der Waals surface area contributed by atoms with Crippen molar-refractivity contribution in [3.63, 3.8) is 0 Å². The van der Waals surface area contributed by atoms with E-state index in [2.05, 4.69) is 21.2 Å². The summed E-state index contributed by atoms with van der Waals surface area (Å²) in [6.07, 6.45) is 0. The van der Waals surface area contributed by atoms with Crippen LogP contribution in [0, 0.1) is 0 Å². The van der Waals surface area contributed by atoms with Crippen LogP contribution < -0.4 is 11.1 Å². The molecule has 14 heavy (non-hydrogen) atoms. The lowest BCUT2D eigenvalue weighted by Gasteiger charge is -2.11. The van der Waals surface area contributed by atoms with Crippen LogP contribution in [0.4, 0.5) is 0 Å². The van der Waals surface area contributed by atoms with Crippen LogP contribution in [0.1, 0.15) is 10.4 Å². The number of hydrogen-bond acceptors (Lipinski definition) is 3. The fourth-order valence-corrected chi connectivity index (χ4v) is 1.26. The molecule has 4 nitrogen and oxygen atoms in total. The summed E-state index contributed by atoms with van der Waals surface area (Å²) in [7, 11) is 0. The molecular weight excluding hydrogens is 248 g/mol. The largest absolute Gasteiger partial charge is 0.333 e. The van der Waals surface area contributed by atoms with Gasteiger partial charge in [-0.1, -0.05) is 18.2 Å². The Hall–Kier alpha value is -0.910. The fraction of sp³-hybridized carbons (Fsp3) is 0.222. The molecule has 1 atom stereocenters. The van der Waals surface area contributed by atoms with E-state index in [0.29, 0.717) is 5.56 Å². The van der Waals surface area contributed by atoms with E-state index in [1.165, 1.54) is 0 Å². The summed E-state index contributed by atoms with van der Waals surface area (Å²) >= 11 is 3.10. The number of ether oxygens (including phenoxy) is 1. The molecule has 1 rings (SSSR count). The minimum absolute atomic E-state index is 0.0466. The second-order valence-electron chi connectivity index (χ2n) is 2.49. The molecule has 1 aromatic carbocycles. The highest BCUT2D eigenvalue weighted by Gasteiger charge is 2.09. The quantitative estimate of drug-likeness (QED) is 0.482. The van der Waals surface area contributed by atoms with Gasteiger partial charge in [-0.15, -0.1) is 0 Å². The molecule has 0 spiro atoms. The van der Waals surface area contributed by atoms with Gasteiger partial charge in [-0.05, 0) is 28.1 Å². The molecule has 0 saturated carbocycles. The van der Waals surface area contributed by atoms with Gasteiger partial charge in [-0.2, -0.15) is 0 Å². The molecule has 1 amide bonds. The van der Waals surface area contributed by atoms with Crippen LogP contribution in [0.25, 0.3) is 0 Å². The second kappa shape index (κ2) is 5.74. The number of rotatable bonds is 4. The maximum atomic E-state index is 11.5. The molecular formula is C9H11BrN2O2. The Kier molecular flexibility index (Phi) is 4.58. The molecule has 1 unspecified atom stereocenters. The third-order valence-corrected chi connectivity index (χ3v) is 2.02. The van der Waals surface area contributed by atoms with E-state index < -0.39 is 5.14 Å². The van der Waals surface area contributed by atoms with Crippen LogP contribution in [0.2, 0.25) is 0 Å². The van der Waals surface area contributed by atoms with E-state index in [9.17, 15) is 4.79 Å². The number of alkyl halides is 1. The number of carbonyl (C=O) groups excluding carboxylic acids is 1. The highest BCUT2D eigenvalue weighted by molar-refractivity contribution is 9.09. The Morgan fingerprint density at radius 2 is 2.14 bits per heavy atom. The lowest BCUT2D eigenvalue weighted by molar-refractivity contribution is 0.0732. The van der Waals surface area contributed by atoms with Gasteiger partial charge in [-0.3, -0.25) is 4.79 Å². The van der Waals surface area contributed by atoms with E-state index in [4.69, 9.17) is 10.5 Å². The van der Waals surface area contributed by atoms with Crippen molar-refractivity contribution >= 4 is 21.8 Å². The highest BCUT2D eigenvalue weighted by Crippen LogP contribution is 2.01. The molecule has 0 fully saturated rings. The van der Waals surface area contributed by atoms with Gasteiger partial charge < -0.3 is 15.8 Å². The Morgan fingerprint density at radius 1 is 1.50 bits per heavy atom. The summed E-state index contributed by atoms with van der Waals surface area (Å²) < 4.78 is 4.90. The first-order valence-corrected chi connectivity index (χ1v) is 4.97. The Morgan fingerprint density at radius 3 is 2.71 bits per heavy atom. The van der Waals surface area contributed by atoms with Gasteiger partial charge in [0.05, 0.1) is 6.73 Å². The monoisotopic (exact) mass is 258 g/mol. The molecule has 0 saturated heterocycles. The number of nitrogens with two attached hydrogens (primary N) is 1. The molecule has 0 heterocycles. The van der Waals surface area contributed by atoms with Crippen LogP contribution in [0.3, 0.4) is 0 Å². The smallest absolute Gasteiger partial charge is 0.253 e. The Balaban J connectivity index is 2.51. The lowest BCUT2D eigenvalue weighted by atomic mass is 10.2. The number of carbonyl (C=O) groups is 1. The third kappa shape index (κ3) is 3.45. The average molecular weight is 259 g/mol. The molecule has 5 heteroatoms. The fourth-order valence-electron chi connectivity index (χ4n) is 0.902. The minimum atomic E-state index is -0.555. The standard InChI is InChI=1S/C9H11BrN2O2/c10-9(14-6-11)12-8(13)7-4-2-1-3-5-7/h1-5,9H,6,11H2,(H,12,13). The van der Waals surface area contributed by atoms with E-state index in [0.717, 1.165) is 0 Å².